The number of hydrogen-bond acceptors (Lipinski definition) is 3. The van der Waals surface area contributed by atoms with Gasteiger partial charge in [-0.25, -0.2) is 15.0 Å². The topological polar surface area (TPSA) is 38.7 Å². The van der Waals surface area contributed by atoms with Crippen molar-refractivity contribution >= 4 is 43.2 Å². The molecule has 0 unspecified atom stereocenters. The molecule has 0 radical (unpaired) electrons. The smallest absolute Gasteiger partial charge is 0.160 e. The lowest BCUT2D eigenvalue weighted by Crippen LogP contribution is -2.25. The molecule has 12 aromatic rings. The van der Waals surface area contributed by atoms with Crippen LogP contribution >= 0.6 is 0 Å². The van der Waals surface area contributed by atoms with Crippen LogP contribution in [0.2, 0.25) is 0 Å². The molecule has 3 heteroatoms. The van der Waals surface area contributed by atoms with Crippen LogP contribution in [-0.4, -0.2) is 15.0 Å². The number of rotatable bonds is 4. The van der Waals surface area contributed by atoms with Gasteiger partial charge in [-0.1, -0.05) is 188 Å². The van der Waals surface area contributed by atoms with Gasteiger partial charge in [-0.3, -0.25) is 0 Å². The highest BCUT2D eigenvalue weighted by atomic mass is 14.9. The van der Waals surface area contributed by atoms with Crippen molar-refractivity contribution < 1.29 is 0 Å². The first kappa shape index (κ1) is 36.0. The Bertz CT molecular complexity index is 3810. The van der Waals surface area contributed by atoms with Gasteiger partial charge in [0.15, 0.2) is 5.82 Å². The molecule has 3 nitrogen and oxygen atoms in total. The molecule has 0 aliphatic heterocycles. The van der Waals surface area contributed by atoms with Gasteiger partial charge in [-0.05, 0) is 108 Å². The third kappa shape index (κ3) is 5.27. The molecule has 2 aliphatic rings. The fraction of sp³-hybridized carbons (Fsp3) is 0.0161. The summed E-state index contributed by atoms with van der Waals surface area (Å²) in [4.78, 5) is 16.0. The van der Waals surface area contributed by atoms with Crippen molar-refractivity contribution in [2.45, 2.75) is 5.41 Å². The lowest BCUT2D eigenvalue weighted by atomic mass is 9.70. The van der Waals surface area contributed by atoms with Crippen molar-refractivity contribution in [1.82, 2.24) is 15.0 Å². The molecular weight excluding hydrogens is 787 g/mol. The molecule has 2 aliphatic carbocycles. The number of para-hydroxylation sites is 1. The van der Waals surface area contributed by atoms with Crippen LogP contribution in [0.5, 0.6) is 0 Å². The van der Waals surface area contributed by atoms with Gasteiger partial charge < -0.3 is 0 Å². The number of fused-ring (bicyclic) bond motifs is 15. The molecule has 0 fully saturated rings. The van der Waals surface area contributed by atoms with E-state index in [1.807, 2.05) is 0 Å². The van der Waals surface area contributed by atoms with Crippen molar-refractivity contribution in [3.05, 3.63) is 247 Å². The first-order valence-electron chi connectivity index (χ1n) is 22.3. The standard InChI is InChI=1S/C62H37N3/c1-3-15-42-33-44(31-25-38(42)13-1)58-37-59(45-32-26-39-14-2-4-16-43(39)34-45)65-61(64-58)41-29-27-40(28-30-41)60-52-35-51-48-19-7-11-23-55(48)62(56(51)36-50(52)49-20-8-12-24-57(49)63-60)53-21-9-5-17-46(53)47-18-6-10-22-54(47)62/h1-37H. The second-order valence-electron chi connectivity index (χ2n) is 17.5. The van der Waals surface area contributed by atoms with Crippen molar-refractivity contribution in [1.29, 1.82) is 0 Å². The average molecular weight is 824 g/mol. The van der Waals surface area contributed by atoms with E-state index in [-0.39, 0.29) is 0 Å². The fourth-order valence-corrected chi connectivity index (χ4v) is 11.1. The van der Waals surface area contributed by atoms with Gasteiger partial charge >= 0.3 is 0 Å². The Hall–Kier alpha value is -8.53. The van der Waals surface area contributed by atoms with E-state index in [9.17, 15) is 0 Å². The minimum atomic E-state index is -0.424. The lowest BCUT2D eigenvalue weighted by Gasteiger charge is -2.30. The van der Waals surface area contributed by atoms with Crippen LogP contribution in [-0.2, 0) is 5.41 Å². The Kier molecular flexibility index (Phi) is 7.61. The quantitative estimate of drug-likeness (QED) is 0.166. The van der Waals surface area contributed by atoms with E-state index in [1.165, 1.54) is 71.4 Å². The second-order valence-corrected chi connectivity index (χ2v) is 17.5. The maximum Gasteiger partial charge on any atom is 0.160 e. The van der Waals surface area contributed by atoms with Crippen LogP contribution in [0.1, 0.15) is 22.3 Å². The van der Waals surface area contributed by atoms with E-state index in [0.29, 0.717) is 5.82 Å². The lowest BCUT2D eigenvalue weighted by molar-refractivity contribution is 0.795. The molecule has 10 aromatic carbocycles. The zero-order chi connectivity index (χ0) is 42.6. The van der Waals surface area contributed by atoms with Crippen LogP contribution in [0.15, 0.2) is 224 Å². The van der Waals surface area contributed by atoms with Gasteiger partial charge in [0.05, 0.1) is 28.0 Å². The summed E-state index contributed by atoms with van der Waals surface area (Å²) < 4.78 is 0. The van der Waals surface area contributed by atoms with Gasteiger partial charge in [-0.2, -0.15) is 0 Å². The molecule has 0 atom stereocenters. The molecule has 2 aromatic heterocycles. The van der Waals surface area contributed by atoms with E-state index < -0.39 is 5.41 Å². The fourth-order valence-electron chi connectivity index (χ4n) is 11.1. The Labute approximate surface area is 376 Å². The highest BCUT2D eigenvalue weighted by Crippen LogP contribution is 2.63. The molecule has 14 rings (SSSR count). The summed E-state index contributed by atoms with van der Waals surface area (Å²) in [6, 6.07) is 81.5. The predicted molar refractivity (Wildman–Crippen MR) is 268 cm³/mol. The van der Waals surface area contributed by atoms with Crippen LogP contribution in [0.25, 0.3) is 111 Å². The van der Waals surface area contributed by atoms with Gasteiger partial charge in [0, 0.05) is 33.0 Å². The van der Waals surface area contributed by atoms with Gasteiger partial charge in [0.2, 0.25) is 0 Å². The Morgan fingerprint density at radius 1 is 0.277 bits per heavy atom. The summed E-state index contributed by atoms with van der Waals surface area (Å²) in [7, 11) is 0. The Morgan fingerprint density at radius 3 is 1.35 bits per heavy atom. The molecule has 1 spiro atoms. The van der Waals surface area contributed by atoms with E-state index >= 15 is 0 Å². The number of nitrogens with zero attached hydrogens (tertiary/aromatic N) is 3. The van der Waals surface area contributed by atoms with Crippen molar-refractivity contribution in [2.24, 2.45) is 0 Å². The third-order valence-corrected chi connectivity index (χ3v) is 14.0. The maximum atomic E-state index is 5.44. The van der Waals surface area contributed by atoms with Crippen LogP contribution in [0, 0.1) is 0 Å². The van der Waals surface area contributed by atoms with Gasteiger partial charge in [0.25, 0.3) is 0 Å². The summed E-state index contributed by atoms with van der Waals surface area (Å²) >= 11 is 0. The van der Waals surface area contributed by atoms with Crippen molar-refractivity contribution in [3.63, 3.8) is 0 Å². The van der Waals surface area contributed by atoms with Gasteiger partial charge in [-0.15, -0.1) is 0 Å². The Balaban J connectivity index is 0.949. The molecule has 2 heterocycles. The highest BCUT2D eigenvalue weighted by molar-refractivity contribution is 6.14. The minimum absolute atomic E-state index is 0.424. The highest BCUT2D eigenvalue weighted by Gasteiger charge is 2.51. The summed E-state index contributed by atoms with van der Waals surface area (Å²) in [6.45, 7) is 0. The molecule has 0 saturated carbocycles. The maximum absolute atomic E-state index is 5.44. The van der Waals surface area contributed by atoms with E-state index in [2.05, 4.69) is 224 Å². The summed E-state index contributed by atoms with van der Waals surface area (Å²) in [5.41, 5.74) is 17.9. The average Bonchev–Trinajstić information content (AvgIpc) is 3.84. The summed E-state index contributed by atoms with van der Waals surface area (Å²) in [5.74, 6) is 0.679. The molecule has 0 N–H and O–H groups in total. The molecule has 0 bridgehead atoms. The van der Waals surface area contributed by atoms with Crippen LogP contribution < -0.4 is 0 Å². The molecule has 300 valence electrons. The third-order valence-electron chi connectivity index (χ3n) is 14.0. The van der Waals surface area contributed by atoms with E-state index in [4.69, 9.17) is 15.0 Å². The predicted octanol–water partition coefficient (Wildman–Crippen LogP) is 15.5. The molecule has 0 amide bonds. The number of benzene rings is 10. The normalized spacial score (nSPS) is 13.0. The monoisotopic (exact) mass is 823 g/mol. The van der Waals surface area contributed by atoms with E-state index in [0.717, 1.165) is 55.6 Å². The Morgan fingerprint density at radius 2 is 0.754 bits per heavy atom. The summed E-state index contributed by atoms with van der Waals surface area (Å²) in [5, 5.41) is 8.25. The van der Waals surface area contributed by atoms with Crippen LogP contribution in [0.3, 0.4) is 0 Å². The first-order valence-corrected chi connectivity index (χ1v) is 22.3. The largest absolute Gasteiger partial charge is 0.247 e. The SMILES string of the molecule is c1ccc2c(c1)-c1ccccc1C21c2ccccc2-c2cc3c(-c4ccc(-c5nc(-c6ccc7ccccc7c6)cc(-c6ccc7ccccc7c6)n5)cc4)nc4ccccc4c3cc21. The van der Waals surface area contributed by atoms with Gasteiger partial charge in [0.1, 0.15) is 0 Å². The minimum Gasteiger partial charge on any atom is -0.247 e. The molecule has 0 saturated heterocycles. The molecule has 65 heavy (non-hydrogen) atoms. The zero-order valence-electron chi connectivity index (χ0n) is 35.2. The number of aromatic nitrogens is 3. The van der Waals surface area contributed by atoms with Crippen molar-refractivity contribution in [3.8, 4) is 67.4 Å². The number of hydrogen-bond donors (Lipinski definition) is 0. The first-order chi connectivity index (χ1) is 32.2. The number of pyridine rings is 1. The van der Waals surface area contributed by atoms with Crippen molar-refractivity contribution in [2.75, 3.05) is 0 Å². The summed E-state index contributed by atoms with van der Waals surface area (Å²) in [6.07, 6.45) is 0. The molecular formula is C62H37N3. The second kappa shape index (κ2) is 13.7. The van der Waals surface area contributed by atoms with Crippen LogP contribution in [0.4, 0.5) is 0 Å². The zero-order valence-corrected chi connectivity index (χ0v) is 35.2. The van der Waals surface area contributed by atoms with E-state index in [1.54, 1.807) is 0 Å².